The summed E-state index contributed by atoms with van der Waals surface area (Å²) in [5.41, 5.74) is 7.54. The molecule has 1 aliphatic rings. The molecule has 0 aromatic heterocycles. The number of ether oxygens (including phenoxy) is 1. The molecule has 1 heterocycles. The Labute approximate surface area is 276 Å². The Bertz CT molecular complexity index is 2040. The summed E-state index contributed by atoms with van der Waals surface area (Å²) in [4.78, 5) is 0. The van der Waals surface area contributed by atoms with Gasteiger partial charge in [-0.1, -0.05) is 147 Å². The lowest BCUT2D eigenvalue weighted by Gasteiger charge is -2.39. The standard InChI is InChI=1S/C43H40OP2/c1-29-17-10-12-25-36(29)45(33-21-8-7-9-22-33)38-27-15-23-34-40(38)44-41-35(43(34,5)6)24-16-28-39(41)46(37-26-13-11-18-30(37)2)42-31(3)19-14-20-32(42)4/h7-28H,1-6H3. The van der Waals surface area contributed by atoms with E-state index in [1.807, 2.05) is 0 Å². The molecule has 46 heavy (non-hydrogen) atoms. The molecule has 0 radical (unpaired) electrons. The summed E-state index contributed by atoms with van der Waals surface area (Å²) in [6.45, 7) is 13.8. The highest BCUT2D eigenvalue weighted by Gasteiger charge is 2.39. The molecule has 0 N–H and O–H groups in total. The van der Waals surface area contributed by atoms with Gasteiger partial charge in [0.05, 0.1) is 0 Å². The molecular weight excluding hydrogens is 594 g/mol. The van der Waals surface area contributed by atoms with Crippen LogP contribution in [0.25, 0.3) is 0 Å². The van der Waals surface area contributed by atoms with E-state index in [9.17, 15) is 0 Å². The highest BCUT2D eigenvalue weighted by atomic mass is 31.1. The normalized spacial score (nSPS) is 14.5. The molecule has 0 spiro atoms. The second-order valence-corrected chi connectivity index (χ2v) is 17.1. The van der Waals surface area contributed by atoms with Crippen molar-refractivity contribution in [1.82, 2.24) is 0 Å². The molecule has 0 saturated carbocycles. The monoisotopic (exact) mass is 634 g/mol. The van der Waals surface area contributed by atoms with Crippen LogP contribution in [-0.4, -0.2) is 0 Å². The number of aryl methyl sites for hydroxylation is 4. The highest BCUT2D eigenvalue weighted by molar-refractivity contribution is 7.80. The van der Waals surface area contributed by atoms with E-state index in [1.54, 1.807) is 0 Å². The topological polar surface area (TPSA) is 9.23 Å². The van der Waals surface area contributed by atoms with Gasteiger partial charge in [-0.3, -0.25) is 0 Å². The molecule has 0 saturated heterocycles. The summed E-state index contributed by atoms with van der Waals surface area (Å²) < 4.78 is 7.42. The predicted octanol–water partition coefficient (Wildman–Crippen LogP) is 8.87. The van der Waals surface area contributed by atoms with E-state index in [1.165, 1.54) is 65.2 Å². The zero-order valence-corrected chi connectivity index (χ0v) is 29.3. The van der Waals surface area contributed by atoms with Crippen molar-refractivity contribution < 1.29 is 4.74 Å². The van der Waals surface area contributed by atoms with Gasteiger partial charge in [-0.15, -0.1) is 0 Å². The van der Waals surface area contributed by atoms with E-state index in [4.69, 9.17) is 4.74 Å². The largest absolute Gasteiger partial charge is 0.455 e. The molecule has 0 amide bonds. The fourth-order valence-electron chi connectivity index (χ4n) is 6.99. The van der Waals surface area contributed by atoms with Crippen molar-refractivity contribution in [2.75, 3.05) is 0 Å². The van der Waals surface area contributed by atoms with E-state index in [0.29, 0.717) is 0 Å². The summed E-state index contributed by atoms with van der Waals surface area (Å²) >= 11 is 0. The number of hydrogen-bond donors (Lipinski definition) is 0. The number of benzene rings is 6. The van der Waals surface area contributed by atoms with Crippen LogP contribution in [0.5, 0.6) is 11.5 Å². The molecule has 228 valence electrons. The summed E-state index contributed by atoms with van der Waals surface area (Å²) in [5, 5.41) is 8.07. The van der Waals surface area contributed by atoms with Gasteiger partial charge in [0.25, 0.3) is 0 Å². The Hall–Kier alpha value is -4.02. The van der Waals surface area contributed by atoms with Gasteiger partial charge in [-0.25, -0.2) is 0 Å². The van der Waals surface area contributed by atoms with Crippen LogP contribution in [0.4, 0.5) is 0 Å². The molecule has 1 nitrogen and oxygen atoms in total. The lowest BCUT2D eigenvalue weighted by Crippen LogP contribution is -2.33. The van der Waals surface area contributed by atoms with Gasteiger partial charge in [-0.05, 0) is 87.0 Å². The van der Waals surface area contributed by atoms with Crippen molar-refractivity contribution >= 4 is 47.7 Å². The maximum atomic E-state index is 7.42. The van der Waals surface area contributed by atoms with Gasteiger partial charge < -0.3 is 4.74 Å². The highest BCUT2D eigenvalue weighted by Crippen LogP contribution is 2.52. The van der Waals surface area contributed by atoms with Crippen LogP contribution in [0, 0.1) is 27.7 Å². The average molecular weight is 635 g/mol. The minimum absolute atomic E-state index is 0.244. The SMILES string of the molecule is Cc1ccccc1P(c1ccccc1)c1cccc2c1Oc1c(P(c3ccccc3C)c3c(C)cccc3C)cccc1C2(C)C. The van der Waals surface area contributed by atoms with Gasteiger partial charge in [0.15, 0.2) is 0 Å². The molecule has 6 aromatic rings. The first-order valence-corrected chi connectivity index (χ1v) is 18.7. The minimum Gasteiger partial charge on any atom is -0.455 e. The van der Waals surface area contributed by atoms with Gasteiger partial charge >= 0.3 is 0 Å². The predicted molar refractivity (Wildman–Crippen MR) is 201 cm³/mol. The van der Waals surface area contributed by atoms with E-state index in [-0.39, 0.29) is 5.41 Å². The van der Waals surface area contributed by atoms with Crippen molar-refractivity contribution in [3.63, 3.8) is 0 Å². The lowest BCUT2D eigenvalue weighted by atomic mass is 9.76. The first-order chi connectivity index (χ1) is 22.3. The molecule has 3 heteroatoms. The Balaban J connectivity index is 1.49. The first-order valence-electron chi connectivity index (χ1n) is 16.0. The Morgan fingerprint density at radius 1 is 0.413 bits per heavy atom. The molecular formula is C43H40OP2. The summed E-state index contributed by atoms with van der Waals surface area (Å²) in [7, 11) is -1.75. The van der Waals surface area contributed by atoms with Gasteiger partial charge in [-0.2, -0.15) is 0 Å². The number of hydrogen-bond acceptors (Lipinski definition) is 1. The Kier molecular flexibility index (Phi) is 8.19. The average Bonchev–Trinajstić information content (AvgIpc) is 3.05. The first kappa shape index (κ1) is 30.6. The molecule has 2 unspecified atom stereocenters. The Morgan fingerprint density at radius 2 is 0.826 bits per heavy atom. The van der Waals surface area contributed by atoms with Crippen LogP contribution >= 0.6 is 15.8 Å². The molecule has 0 bridgehead atoms. The second kappa shape index (κ2) is 12.3. The van der Waals surface area contributed by atoms with E-state index < -0.39 is 15.8 Å². The van der Waals surface area contributed by atoms with Crippen molar-refractivity contribution in [3.8, 4) is 11.5 Å². The summed E-state index contributed by atoms with van der Waals surface area (Å²) in [6.07, 6.45) is 0. The third kappa shape index (κ3) is 5.21. The number of para-hydroxylation sites is 2. The maximum absolute atomic E-state index is 7.42. The zero-order valence-electron chi connectivity index (χ0n) is 27.5. The lowest BCUT2D eigenvalue weighted by molar-refractivity contribution is 0.425. The zero-order chi connectivity index (χ0) is 32.0. The van der Waals surface area contributed by atoms with Crippen LogP contribution < -0.4 is 36.6 Å². The molecule has 7 rings (SSSR count). The van der Waals surface area contributed by atoms with Crippen molar-refractivity contribution in [3.05, 3.63) is 167 Å². The quantitative estimate of drug-likeness (QED) is 0.166. The smallest absolute Gasteiger partial charge is 0.139 e. The van der Waals surface area contributed by atoms with Gasteiger partial charge in [0, 0.05) is 27.2 Å². The molecule has 2 atom stereocenters. The van der Waals surface area contributed by atoms with Gasteiger partial charge in [0.2, 0.25) is 0 Å². The van der Waals surface area contributed by atoms with Crippen LogP contribution in [0.3, 0.4) is 0 Å². The third-order valence-electron chi connectivity index (χ3n) is 9.41. The van der Waals surface area contributed by atoms with Crippen LogP contribution in [0.2, 0.25) is 0 Å². The van der Waals surface area contributed by atoms with Crippen LogP contribution in [-0.2, 0) is 5.41 Å². The van der Waals surface area contributed by atoms with Crippen LogP contribution in [0.15, 0.2) is 133 Å². The molecule has 0 fully saturated rings. The van der Waals surface area contributed by atoms with Crippen molar-refractivity contribution in [2.24, 2.45) is 0 Å². The fourth-order valence-corrected chi connectivity index (χ4v) is 12.4. The minimum atomic E-state index is -0.891. The maximum Gasteiger partial charge on any atom is 0.139 e. The fraction of sp³-hybridized carbons (Fsp3) is 0.163. The van der Waals surface area contributed by atoms with E-state index in [2.05, 4.69) is 175 Å². The van der Waals surface area contributed by atoms with Gasteiger partial charge in [0.1, 0.15) is 11.5 Å². The summed E-state index contributed by atoms with van der Waals surface area (Å²) in [6, 6.07) is 49.2. The molecule has 1 aliphatic heterocycles. The molecule has 6 aromatic carbocycles. The Morgan fingerprint density at radius 3 is 1.37 bits per heavy atom. The van der Waals surface area contributed by atoms with E-state index in [0.717, 1.165) is 11.5 Å². The molecule has 0 aliphatic carbocycles. The van der Waals surface area contributed by atoms with E-state index >= 15 is 0 Å². The number of rotatable bonds is 6. The summed E-state index contributed by atoms with van der Waals surface area (Å²) in [5.74, 6) is 2.05. The van der Waals surface area contributed by atoms with Crippen molar-refractivity contribution in [1.29, 1.82) is 0 Å². The second-order valence-electron chi connectivity index (χ2n) is 12.9. The third-order valence-corrected chi connectivity index (χ3v) is 15.0. The van der Waals surface area contributed by atoms with Crippen molar-refractivity contribution in [2.45, 2.75) is 47.0 Å². The number of fused-ring (bicyclic) bond motifs is 2. The van der Waals surface area contributed by atoms with Crippen LogP contribution in [0.1, 0.15) is 47.2 Å².